The number of aromatic nitrogens is 2. The number of anilines is 1. The number of H-pyrrole nitrogens is 1. The van der Waals surface area contributed by atoms with E-state index in [0.29, 0.717) is 12.1 Å². The highest BCUT2D eigenvalue weighted by molar-refractivity contribution is 7.99. The second-order valence-electron chi connectivity index (χ2n) is 3.85. The summed E-state index contributed by atoms with van der Waals surface area (Å²) >= 11 is 1.59. The number of hydrogen-bond donors (Lipinski definition) is 2. The third-order valence-electron chi connectivity index (χ3n) is 2.48. The average Bonchev–Trinajstić information content (AvgIpc) is 2.76. The normalized spacial score (nSPS) is 10.7. The molecule has 0 unspecified atom stereocenters. The molecule has 0 radical (unpaired) electrons. The summed E-state index contributed by atoms with van der Waals surface area (Å²) in [6.45, 7) is 0. The predicted molar refractivity (Wildman–Crippen MR) is 72.5 cm³/mol. The Morgan fingerprint density at radius 1 is 1.56 bits per heavy atom. The van der Waals surface area contributed by atoms with Crippen molar-refractivity contribution in [2.45, 2.75) is 18.0 Å². The summed E-state index contributed by atoms with van der Waals surface area (Å²) in [6.07, 6.45) is 1.22. The van der Waals surface area contributed by atoms with Gasteiger partial charge in [-0.05, 0) is 24.6 Å². The van der Waals surface area contributed by atoms with Gasteiger partial charge in [0, 0.05) is 17.9 Å². The molecule has 1 heterocycles. The minimum Gasteiger partial charge on any atom is -0.469 e. The molecule has 2 rings (SSSR count). The van der Waals surface area contributed by atoms with Gasteiger partial charge in [-0.15, -0.1) is 0 Å². The van der Waals surface area contributed by atoms with Crippen LogP contribution in [-0.4, -0.2) is 28.8 Å². The van der Waals surface area contributed by atoms with Crippen molar-refractivity contribution in [3.63, 3.8) is 0 Å². The zero-order valence-corrected chi connectivity index (χ0v) is 10.9. The van der Waals surface area contributed by atoms with Crippen LogP contribution in [0.2, 0.25) is 0 Å². The Hall–Kier alpha value is -1.69. The molecule has 0 spiro atoms. The molecule has 0 saturated heterocycles. The summed E-state index contributed by atoms with van der Waals surface area (Å²) in [6, 6.07) is 5.58. The van der Waals surface area contributed by atoms with E-state index in [1.165, 1.54) is 7.11 Å². The van der Waals surface area contributed by atoms with Crippen LogP contribution in [0.3, 0.4) is 0 Å². The molecule has 5 nitrogen and oxygen atoms in total. The molecule has 0 amide bonds. The second kappa shape index (κ2) is 5.77. The highest BCUT2D eigenvalue weighted by atomic mass is 32.2. The van der Waals surface area contributed by atoms with Crippen LogP contribution in [0.4, 0.5) is 5.69 Å². The van der Waals surface area contributed by atoms with Gasteiger partial charge in [0.15, 0.2) is 5.16 Å². The number of ether oxygens (including phenoxy) is 1. The standard InChI is InChI=1S/C12H15N3O2S/c1-17-11(16)3-2-6-18-12-14-9-5-4-8(13)7-10(9)15-12/h4-5,7H,2-3,6,13H2,1H3,(H,14,15). The predicted octanol–water partition coefficient (Wildman–Crippen LogP) is 2.19. The lowest BCUT2D eigenvalue weighted by Gasteiger charge is -1.97. The number of rotatable bonds is 5. The van der Waals surface area contributed by atoms with Crippen LogP contribution in [0.5, 0.6) is 0 Å². The van der Waals surface area contributed by atoms with Crippen LogP contribution in [0.1, 0.15) is 12.8 Å². The second-order valence-corrected chi connectivity index (χ2v) is 4.93. The number of carbonyl (C=O) groups excluding carboxylic acids is 1. The molecule has 1 aromatic heterocycles. The number of imidazole rings is 1. The van der Waals surface area contributed by atoms with E-state index >= 15 is 0 Å². The van der Waals surface area contributed by atoms with Crippen molar-refractivity contribution in [2.24, 2.45) is 0 Å². The highest BCUT2D eigenvalue weighted by Gasteiger charge is 2.04. The van der Waals surface area contributed by atoms with E-state index in [-0.39, 0.29) is 5.97 Å². The Bertz CT molecular complexity index is 553. The van der Waals surface area contributed by atoms with Gasteiger partial charge in [0.05, 0.1) is 18.1 Å². The summed E-state index contributed by atoms with van der Waals surface area (Å²) < 4.78 is 4.58. The molecule has 2 aromatic rings. The molecule has 0 aliphatic rings. The number of aromatic amines is 1. The van der Waals surface area contributed by atoms with Gasteiger partial charge in [0.2, 0.25) is 0 Å². The molecule has 96 valence electrons. The molecule has 0 fully saturated rings. The van der Waals surface area contributed by atoms with Crippen molar-refractivity contribution in [1.29, 1.82) is 0 Å². The molecule has 0 atom stereocenters. The maximum absolute atomic E-state index is 10.9. The zero-order chi connectivity index (χ0) is 13.0. The minimum atomic E-state index is -0.173. The molecule has 0 aliphatic heterocycles. The lowest BCUT2D eigenvalue weighted by molar-refractivity contribution is -0.140. The van der Waals surface area contributed by atoms with Gasteiger partial charge in [0.25, 0.3) is 0 Å². The van der Waals surface area contributed by atoms with Crippen LogP contribution < -0.4 is 5.73 Å². The quantitative estimate of drug-likeness (QED) is 0.375. The number of nitrogens with zero attached hydrogens (tertiary/aromatic N) is 1. The number of thioether (sulfide) groups is 1. The number of nitrogens with two attached hydrogens (primary N) is 1. The van der Waals surface area contributed by atoms with Crippen molar-refractivity contribution < 1.29 is 9.53 Å². The Morgan fingerprint density at radius 3 is 3.17 bits per heavy atom. The van der Waals surface area contributed by atoms with E-state index in [0.717, 1.165) is 28.4 Å². The number of nitrogen functional groups attached to an aromatic ring is 1. The van der Waals surface area contributed by atoms with E-state index in [2.05, 4.69) is 14.7 Å². The van der Waals surface area contributed by atoms with Crippen molar-refractivity contribution in [2.75, 3.05) is 18.6 Å². The van der Waals surface area contributed by atoms with Gasteiger partial charge < -0.3 is 15.5 Å². The van der Waals surface area contributed by atoms with Crippen LogP contribution in [0, 0.1) is 0 Å². The van der Waals surface area contributed by atoms with Gasteiger partial charge >= 0.3 is 5.97 Å². The van der Waals surface area contributed by atoms with E-state index in [9.17, 15) is 4.79 Å². The van der Waals surface area contributed by atoms with Gasteiger partial charge in [-0.3, -0.25) is 4.79 Å². The van der Waals surface area contributed by atoms with E-state index in [1.54, 1.807) is 11.8 Å². The van der Waals surface area contributed by atoms with E-state index < -0.39 is 0 Å². The number of benzene rings is 1. The monoisotopic (exact) mass is 265 g/mol. The Morgan fingerprint density at radius 2 is 2.39 bits per heavy atom. The Labute approximate surface area is 109 Å². The lowest BCUT2D eigenvalue weighted by Crippen LogP contribution is -2.00. The molecular weight excluding hydrogens is 250 g/mol. The fourth-order valence-electron chi connectivity index (χ4n) is 1.56. The molecule has 0 bridgehead atoms. The Kier molecular flexibility index (Phi) is 4.09. The number of hydrogen-bond acceptors (Lipinski definition) is 5. The lowest BCUT2D eigenvalue weighted by atomic mass is 10.3. The molecule has 0 aliphatic carbocycles. The van der Waals surface area contributed by atoms with Crippen molar-refractivity contribution in [3.05, 3.63) is 18.2 Å². The molecule has 0 saturated carbocycles. The van der Waals surface area contributed by atoms with Crippen LogP contribution >= 0.6 is 11.8 Å². The van der Waals surface area contributed by atoms with Crippen molar-refractivity contribution in [1.82, 2.24) is 9.97 Å². The van der Waals surface area contributed by atoms with E-state index in [4.69, 9.17) is 5.73 Å². The molecule has 1 aromatic carbocycles. The molecular formula is C12H15N3O2S. The fraction of sp³-hybridized carbons (Fsp3) is 0.333. The van der Waals surface area contributed by atoms with Crippen LogP contribution in [0.15, 0.2) is 23.4 Å². The molecule has 18 heavy (non-hydrogen) atoms. The third kappa shape index (κ3) is 3.16. The number of nitrogens with one attached hydrogen (secondary N) is 1. The third-order valence-corrected chi connectivity index (χ3v) is 3.44. The van der Waals surface area contributed by atoms with Gasteiger partial charge in [-0.1, -0.05) is 11.8 Å². The van der Waals surface area contributed by atoms with Gasteiger partial charge in [-0.25, -0.2) is 4.98 Å². The van der Waals surface area contributed by atoms with Gasteiger partial charge in [-0.2, -0.15) is 0 Å². The van der Waals surface area contributed by atoms with Crippen molar-refractivity contribution in [3.8, 4) is 0 Å². The summed E-state index contributed by atoms with van der Waals surface area (Å²) in [4.78, 5) is 18.6. The first kappa shape index (κ1) is 12.8. The smallest absolute Gasteiger partial charge is 0.305 e. The largest absolute Gasteiger partial charge is 0.469 e. The number of carbonyl (C=O) groups is 1. The first-order valence-electron chi connectivity index (χ1n) is 5.64. The van der Waals surface area contributed by atoms with Crippen LogP contribution in [-0.2, 0) is 9.53 Å². The fourth-order valence-corrected chi connectivity index (χ4v) is 2.39. The molecule has 6 heteroatoms. The van der Waals surface area contributed by atoms with Crippen molar-refractivity contribution >= 4 is 34.5 Å². The number of esters is 1. The number of fused-ring (bicyclic) bond motifs is 1. The summed E-state index contributed by atoms with van der Waals surface area (Å²) in [5.74, 6) is 0.651. The first-order valence-corrected chi connectivity index (χ1v) is 6.62. The summed E-state index contributed by atoms with van der Waals surface area (Å²) in [7, 11) is 1.40. The SMILES string of the molecule is COC(=O)CCCSc1nc2ccc(N)cc2[nH]1. The van der Waals surface area contributed by atoms with E-state index in [1.807, 2.05) is 18.2 Å². The highest BCUT2D eigenvalue weighted by Crippen LogP contribution is 2.21. The maximum Gasteiger partial charge on any atom is 0.305 e. The summed E-state index contributed by atoms with van der Waals surface area (Å²) in [5.41, 5.74) is 8.25. The maximum atomic E-state index is 10.9. The topological polar surface area (TPSA) is 81.0 Å². The minimum absolute atomic E-state index is 0.173. The first-order chi connectivity index (χ1) is 8.69. The van der Waals surface area contributed by atoms with Crippen LogP contribution in [0.25, 0.3) is 11.0 Å². The average molecular weight is 265 g/mol. The molecule has 3 N–H and O–H groups in total. The summed E-state index contributed by atoms with van der Waals surface area (Å²) in [5, 5.41) is 0.848. The Balaban J connectivity index is 1.90. The van der Waals surface area contributed by atoms with Gasteiger partial charge in [0.1, 0.15) is 0 Å². The zero-order valence-electron chi connectivity index (χ0n) is 10.1. The number of methoxy groups -OCH3 is 1.